The molecule has 0 aromatic heterocycles. The van der Waals surface area contributed by atoms with Crippen molar-refractivity contribution in [2.45, 2.75) is 24.1 Å². The SMILES string of the molecule is C=C1C(N2CCCCC2)=CC=C(NNc2ccccc2)C1Br. The predicted molar refractivity (Wildman–Crippen MR) is 96.6 cm³/mol. The molecule has 0 spiro atoms. The zero-order valence-electron chi connectivity index (χ0n) is 12.7. The van der Waals surface area contributed by atoms with Gasteiger partial charge in [0.15, 0.2) is 0 Å². The third-order valence-corrected chi connectivity index (χ3v) is 5.20. The highest BCUT2D eigenvalue weighted by atomic mass is 79.9. The fourth-order valence-corrected chi connectivity index (χ4v) is 3.39. The highest BCUT2D eigenvalue weighted by molar-refractivity contribution is 9.09. The third-order valence-electron chi connectivity index (χ3n) is 4.15. The summed E-state index contributed by atoms with van der Waals surface area (Å²) in [7, 11) is 0. The van der Waals surface area contributed by atoms with Crippen LogP contribution >= 0.6 is 15.9 Å². The minimum atomic E-state index is 0.116. The van der Waals surface area contributed by atoms with Crippen molar-refractivity contribution < 1.29 is 0 Å². The lowest BCUT2D eigenvalue weighted by molar-refractivity contribution is 0.289. The maximum absolute atomic E-state index is 4.29. The summed E-state index contributed by atoms with van der Waals surface area (Å²) in [6.45, 7) is 6.58. The van der Waals surface area contributed by atoms with Gasteiger partial charge in [0.1, 0.15) is 0 Å². The number of hydrogen-bond donors (Lipinski definition) is 2. The minimum absolute atomic E-state index is 0.116. The Hall–Kier alpha value is -1.68. The van der Waals surface area contributed by atoms with E-state index in [1.807, 2.05) is 30.3 Å². The van der Waals surface area contributed by atoms with Gasteiger partial charge in [0.2, 0.25) is 0 Å². The van der Waals surface area contributed by atoms with Crippen molar-refractivity contribution >= 4 is 21.6 Å². The summed E-state index contributed by atoms with van der Waals surface area (Å²) in [5.74, 6) is 0. The number of para-hydroxylation sites is 1. The number of piperidine rings is 1. The molecule has 1 fully saturated rings. The largest absolute Gasteiger partial charge is 0.371 e. The smallest absolute Gasteiger partial charge is 0.0824 e. The summed E-state index contributed by atoms with van der Waals surface area (Å²) in [6.07, 6.45) is 8.22. The Morgan fingerprint density at radius 1 is 1.00 bits per heavy atom. The van der Waals surface area contributed by atoms with Crippen molar-refractivity contribution in [3.63, 3.8) is 0 Å². The van der Waals surface area contributed by atoms with Gasteiger partial charge in [0.05, 0.1) is 10.5 Å². The second kappa shape index (κ2) is 7.05. The summed E-state index contributed by atoms with van der Waals surface area (Å²) in [6, 6.07) is 10.1. The first-order valence-corrected chi connectivity index (χ1v) is 8.74. The van der Waals surface area contributed by atoms with Crippen LogP contribution in [0.15, 0.2) is 66.0 Å². The molecule has 4 heteroatoms. The molecule has 3 rings (SSSR count). The zero-order valence-corrected chi connectivity index (χ0v) is 14.3. The van der Waals surface area contributed by atoms with Crippen LogP contribution in [-0.2, 0) is 0 Å². The Morgan fingerprint density at radius 3 is 2.45 bits per heavy atom. The predicted octanol–water partition coefficient (Wildman–Crippen LogP) is 4.19. The van der Waals surface area contributed by atoms with Crippen LogP contribution in [-0.4, -0.2) is 22.8 Å². The number of likely N-dealkylation sites (tertiary alicyclic amines) is 1. The van der Waals surface area contributed by atoms with Crippen LogP contribution in [0.1, 0.15) is 19.3 Å². The minimum Gasteiger partial charge on any atom is -0.371 e. The molecule has 1 aliphatic heterocycles. The van der Waals surface area contributed by atoms with E-state index >= 15 is 0 Å². The number of hydrogen-bond acceptors (Lipinski definition) is 3. The number of nitrogens with one attached hydrogen (secondary N) is 2. The molecule has 1 aliphatic carbocycles. The maximum Gasteiger partial charge on any atom is 0.0824 e. The van der Waals surface area contributed by atoms with E-state index in [4.69, 9.17) is 0 Å². The topological polar surface area (TPSA) is 27.3 Å². The van der Waals surface area contributed by atoms with Crippen molar-refractivity contribution in [2.24, 2.45) is 0 Å². The van der Waals surface area contributed by atoms with Gasteiger partial charge in [-0.05, 0) is 49.1 Å². The molecule has 1 saturated heterocycles. The molecule has 22 heavy (non-hydrogen) atoms. The van der Waals surface area contributed by atoms with Gasteiger partial charge in [-0.2, -0.15) is 0 Å². The Balaban J connectivity index is 1.68. The summed E-state index contributed by atoms with van der Waals surface area (Å²) >= 11 is 3.76. The van der Waals surface area contributed by atoms with E-state index in [-0.39, 0.29) is 4.83 Å². The van der Waals surface area contributed by atoms with Gasteiger partial charge in [-0.3, -0.25) is 0 Å². The summed E-state index contributed by atoms with van der Waals surface area (Å²) in [5, 5.41) is 0. The number of nitrogens with zero attached hydrogens (tertiary/aromatic N) is 1. The molecule has 0 saturated carbocycles. The fourth-order valence-electron chi connectivity index (χ4n) is 2.89. The first kappa shape index (κ1) is 15.2. The number of halogens is 1. The molecular weight excluding hydrogens is 338 g/mol. The van der Waals surface area contributed by atoms with Gasteiger partial charge in [0.25, 0.3) is 0 Å². The van der Waals surface area contributed by atoms with Crippen molar-refractivity contribution in [1.29, 1.82) is 0 Å². The van der Waals surface area contributed by atoms with E-state index < -0.39 is 0 Å². The van der Waals surface area contributed by atoms with Crippen LogP contribution in [0, 0.1) is 0 Å². The van der Waals surface area contributed by atoms with E-state index in [0.717, 1.165) is 30.0 Å². The number of alkyl halides is 1. The van der Waals surface area contributed by atoms with Gasteiger partial charge in [0, 0.05) is 24.5 Å². The van der Waals surface area contributed by atoms with Crippen molar-refractivity contribution in [2.75, 3.05) is 18.5 Å². The molecule has 0 bridgehead atoms. The quantitative estimate of drug-likeness (QED) is 0.623. The van der Waals surface area contributed by atoms with Crippen LogP contribution in [0.5, 0.6) is 0 Å². The highest BCUT2D eigenvalue weighted by Crippen LogP contribution is 2.31. The lowest BCUT2D eigenvalue weighted by atomic mass is 9.99. The average molecular weight is 360 g/mol. The van der Waals surface area contributed by atoms with E-state index in [1.165, 1.54) is 25.0 Å². The normalized spacial score (nSPS) is 22.0. The van der Waals surface area contributed by atoms with E-state index in [0.29, 0.717) is 0 Å². The van der Waals surface area contributed by atoms with E-state index in [1.54, 1.807) is 0 Å². The Morgan fingerprint density at radius 2 is 1.73 bits per heavy atom. The van der Waals surface area contributed by atoms with Crippen LogP contribution < -0.4 is 10.9 Å². The standard InChI is InChI=1S/C18H22BrN3/c1-14-17(22-12-6-3-7-13-22)11-10-16(18(14)19)21-20-15-8-4-2-5-9-15/h2,4-5,8-11,18,20-21H,1,3,6-7,12-13H2. The monoisotopic (exact) mass is 359 g/mol. The number of hydrazine groups is 1. The van der Waals surface area contributed by atoms with Crippen LogP contribution in [0.3, 0.4) is 0 Å². The summed E-state index contributed by atoms with van der Waals surface area (Å²) < 4.78 is 0. The van der Waals surface area contributed by atoms with Gasteiger partial charge in [-0.25, -0.2) is 0 Å². The lowest BCUT2D eigenvalue weighted by Gasteiger charge is -2.35. The van der Waals surface area contributed by atoms with E-state index in [2.05, 4.69) is 50.4 Å². The van der Waals surface area contributed by atoms with Gasteiger partial charge >= 0.3 is 0 Å². The Bertz CT molecular complexity index is 586. The van der Waals surface area contributed by atoms with E-state index in [9.17, 15) is 0 Å². The Kier molecular flexibility index (Phi) is 4.88. The average Bonchev–Trinajstić information content (AvgIpc) is 2.58. The van der Waals surface area contributed by atoms with Crippen molar-refractivity contribution in [3.8, 4) is 0 Å². The lowest BCUT2D eigenvalue weighted by Crippen LogP contribution is -2.35. The Labute approximate surface area is 140 Å². The van der Waals surface area contributed by atoms with Gasteiger partial charge in [-0.15, -0.1) is 0 Å². The molecule has 1 aromatic rings. The van der Waals surface area contributed by atoms with Crippen molar-refractivity contribution in [1.82, 2.24) is 10.3 Å². The molecule has 1 aromatic carbocycles. The maximum atomic E-state index is 4.29. The first-order valence-electron chi connectivity index (χ1n) is 7.83. The molecule has 2 aliphatic rings. The highest BCUT2D eigenvalue weighted by Gasteiger charge is 2.25. The number of rotatable bonds is 4. The molecular formula is C18H22BrN3. The van der Waals surface area contributed by atoms with Crippen molar-refractivity contribution in [3.05, 3.63) is 66.0 Å². The summed E-state index contributed by atoms with van der Waals surface area (Å²) in [5.41, 5.74) is 11.0. The summed E-state index contributed by atoms with van der Waals surface area (Å²) in [4.78, 5) is 2.57. The number of allylic oxidation sites excluding steroid dienone is 4. The molecule has 1 heterocycles. The molecule has 0 amide bonds. The van der Waals surface area contributed by atoms with Crippen LogP contribution in [0.2, 0.25) is 0 Å². The molecule has 116 valence electrons. The van der Waals surface area contributed by atoms with Crippen LogP contribution in [0.4, 0.5) is 5.69 Å². The van der Waals surface area contributed by atoms with Gasteiger partial charge in [-0.1, -0.05) is 40.7 Å². The molecule has 0 radical (unpaired) electrons. The second-order valence-corrected chi connectivity index (χ2v) is 6.64. The fraction of sp³-hybridized carbons (Fsp3) is 0.333. The third kappa shape index (κ3) is 3.38. The molecule has 3 nitrogen and oxygen atoms in total. The molecule has 2 N–H and O–H groups in total. The zero-order chi connectivity index (χ0) is 15.4. The number of anilines is 1. The van der Waals surface area contributed by atoms with Crippen LogP contribution in [0.25, 0.3) is 0 Å². The second-order valence-electron chi connectivity index (χ2n) is 5.73. The molecule has 1 unspecified atom stereocenters. The van der Waals surface area contributed by atoms with Gasteiger partial charge < -0.3 is 15.8 Å². The molecule has 1 atom stereocenters. The number of benzene rings is 1. The first-order chi connectivity index (χ1) is 10.8.